The summed E-state index contributed by atoms with van der Waals surface area (Å²) in [6.07, 6.45) is 5.02. The van der Waals surface area contributed by atoms with E-state index in [9.17, 15) is 13.5 Å². The molecule has 172 valence electrons. The minimum Gasteiger partial charge on any atom is -0.486 e. The highest BCUT2D eigenvalue weighted by atomic mass is 32.2. The maximum Gasteiger partial charge on any atom is 0.244 e. The second-order valence-electron chi connectivity index (χ2n) is 9.23. The lowest BCUT2D eigenvalue weighted by molar-refractivity contribution is 0.0713. The molecule has 3 heterocycles. The number of nitrogens with one attached hydrogen (secondary N) is 1. The smallest absolute Gasteiger partial charge is 0.244 e. The van der Waals surface area contributed by atoms with Crippen LogP contribution in [0.1, 0.15) is 12.8 Å². The second-order valence-corrected chi connectivity index (χ2v) is 11.0. The summed E-state index contributed by atoms with van der Waals surface area (Å²) in [4.78, 5) is 8.80. The monoisotopic (exact) mass is 458 g/mol. The van der Waals surface area contributed by atoms with Gasteiger partial charge in [-0.05, 0) is 49.6 Å². The van der Waals surface area contributed by atoms with E-state index in [0.29, 0.717) is 12.3 Å². The number of aromatic nitrogens is 1. The van der Waals surface area contributed by atoms with E-state index in [1.165, 1.54) is 12.8 Å². The number of hydrogen-bond donors (Lipinski definition) is 2. The Labute approximate surface area is 189 Å². The van der Waals surface area contributed by atoms with E-state index in [1.54, 1.807) is 30.6 Å². The molecule has 32 heavy (non-hydrogen) atoms. The fourth-order valence-electron chi connectivity index (χ4n) is 4.70. The predicted octanol–water partition coefficient (Wildman–Crippen LogP) is 1.17. The van der Waals surface area contributed by atoms with Gasteiger partial charge in [-0.3, -0.25) is 14.8 Å². The van der Waals surface area contributed by atoms with Crippen molar-refractivity contribution in [3.63, 3.8) is 0 Å². The van der Waals surface area contributed by atoms with Crippen LogP contribution in [0.3, 0.4) is 0 Å². The van der Waals surface area contributed by atoms with E-state index < -0.39 is 16.1 Å². The zero-order valence-corrected chi connectivity index (χ0v) is 19.0. The molecular formula is C23H30N4O4S. The fraction of sp³-hybridized carbons (Fsp3) is 0.522. The van der Waals surface area contributed by atoms with Crippen molar-refractivity contribution in [1.82, 2.24) is 19.5 Å². The number of pyridine rings is 1. The van der Waals surface area contributed by atoms with Crippen LogP contribution in [-0.4, -0.2) is 86.3 Å². The summed E-state index contributed by atoms with van der Waals surface area (Å²) >= 11 is 0. The summed E-state index contributed by atoms with van der Waals surface area (Å²) in [5.74, 6) is 1.10. The number of aliphatic hydroxyl groups excluding tert-OH is 1. The number of likely N-dealkylation sites (N-methyl/N-ethyl adjacent to an activating group) is 1. The van der Waals surface area contributed by atoms with Crippen LogP contribution in [-0.2, 0) is 10.0 Å². The van der Waals surface area contributed by atoms with Crippen molar-refractivity contribution in [3.05, 3.63) is 42.7 Å². The molecule has 2 fully saturated rings. The Morgan fingerprint density at radius 2 is 2.03 bits per heavy atom. The molecule has 1 saturated heterocycles. The molecule has 2 N–H and O–H groups in total. The normalized spacial score (nSPS) is 28.9. The number of nitrogens with zero attached hydrogens (tertiary/aromatic N) is 3. The minimum atomic E-state index is -3.84. The van der Waals surface area contributed by atoms with Crippen molar-refractivity contribution in [2.75, 3.05) is 39.8 Å². The zero-order valence-electron chi connectivity index (χ0n) is 18.2. The number of fused-ring (bicyclic) bond motifs is 2. The Morgan fingerprint density at radius 3 is 2.78 bits per heavy atom. The summed E-state index contributed by atoms with van der Waals surface area (Å²) < 4.78 is 35.2. The minimum absolute atomic E-state index is 0.0420. The zero-order chi connectivity index (χ0) is 22.3. The van der Waals surface area contributed by atoms with Crippen LogP contribution >= 0.6 is 0 Å². The molecule has 2 aromatic rings. The lowest BCUT2D eigenvalue weighted by atomic mass is 10.1. The molecule has 1 saturated carbocycles. The predicted molar refractivity (Wildman–Crippen MR) is 121 cm³/mol. The Bertz CT molecular complexity index is 1060. The largest absolute Gasteiger partial charge is 0.486 e. The molecule has 0 unspecified atom stereocenters. The van der Waals surface area contributed by atoms with Crippen LogP contribution in [0.4, 0.5) is 0 Å². The van der Waals surface area contributed by atoms with Gasteiger partial charge in [-0.1, -0.05) is 12.1 Å². The van der Waals surface area contributed by atoms with E-state index in [4.69, 9.17) is 4.74 Å². The average molecular weight is 459 g/mol. The van der Waals surface area contributed by atoms with Gasteiger partial charge in [-0.15, -0.1) is 0 Å². The topological polar surface area (TPSA) is 95.0 Å². The Morgan fingerprint density at radius 1 is 1.19 bits per heavy atom. The maximum atomic E-state index is 13.1. The van der Waals surface area contributed by atoms with Crippen LogP contribution in [0.15, 0.2) is 47.6 Å². The van der Waals surface area contributed by atoms with Crippen LogP contribution < -0.4 is 9.46 Å². The standard InChI is InChI=1S/C23H30N4O4S/c1-26-13-19(28)11-25-32(29,30)23-7-6-17(18-3-2-8-24-10-18)9-21(23)31-22-15-27(14-20(22)26)12-16-4-5-16/h2-3,6-10,16,19-20,22,25,28H,4-5,11-15H2,1H3/t19-,20+,22-/m0/s1. The van der Waals surface area contributed by atoms with Crippen molar-refractivity contribution in [3.8, 4) is 16.9 Å². The van der Waals surface area contributed by atoms with E-state index in [0.717, 1.165) is 36.7 Å². The molecule has 8 nitrogen and oxygen atoms in total. The first-order valence-electron chi connectivity index (χ1n) is 11.2. The van der Waals surface area contributed by atoms with Crippen molar-refractivity contribution < 1.29 is 18.3 Å². The van der Waals surface area contributed by atoms with Gasteiger partial charge in [0.15, 0.2) is 0 Å². The first-order valence-corrected chi connectivity index (χ1v) is 12.7. The number of β-amino-alcohol motifs (C(OH)–C–C–N with tert-alkyl or cyclic N) is 1. The second kappa shape index (κ2) is 8.72. The molecule has 3 atom stereocenters. The number of hydrogen-bond acceptors (Lipinski definition) is 7. The molecule has 1 aromatic heterocycles. The first kappa shape index (κ1) is 21.8. The van der Waals surface area contributed by atoms with E-state index >= 15 is 0 Å². The Hall–Kier alpha value is -2.04. The number of benzene rings is 1. The molecule has 0 spiro atoms. The summed E-state index contributed by atoms with van der Waals surface area (Å²) in [5.41, 5.74) is 1.74. The summed E-state index contributed by atoms with van der Waals surface area (Å²) in [6, 6.07) is 9.00. The highest BCUT2D eigenvalue weighted by molar-refractivity contribution is 7.89. The van der Waals surface area contributed by atoms with Crippen LogP contribution in [0.2, 0.25) is 0 Å². The van der Waals surface area contributed by atoms with E-state index in [1.807, 2.05) is 19.2 Å². The van der Waals surface area contributed by atoms with Gasteiger partial charge in [0, 0.05) is 50.7 Å². The summed E-state index contributed by atoms with van der Waals surface area (Å²) in [5, 5.41) is 10.5. The molecule has 3 aliphatic rings. The number of sulfonamides is 1. The molecule has 9 heteroatoms. The van der Waals surface area contributed by atoms with Crippen LogP contribution in [0.5, 0.6) is 5.75 Å². The third-order valence-corrected chi connectivity index (χ3v) is 8.07. The highest BCUT2D eigenvalue weighted by Gasteiger charge is 2.40. The van der Waals surface area contributed by atoms with Crippen LogP contribution in [0, 0.1) is 5.92 Å². The highest BCUT2D eigenvalue weighted by Crippen LogP contribution is 2.35. The van der Waals surface area contributed by atoms with Gasteiger partial charge in [-0.25, -0.2) is 13.1 Å². The van der Waals surface area contributed by atoms with Gasteiger partial charge in [0.1, 0.15) is 16.7 Å². The molecular weight excluding hydrogens is 428 g/mol. The SMILES string of the molecule is CN1C[C@@H](O)CNS(=O)(=O)c2ccc(-c3cccnc3)cc2O[C@H]2CN(CC3CC3)C[C@H]21. The van der Waals surface area contributed by atoms with Gasteiger partial charge < -0.3 is 9.84 Å². The molecule has 2 aliphatic heterocycles. The van der Waals surface area contributed by atoms with Crippen molar-refractivity contribution in [2.45, 2.75) is 36.0 Å². The molecule has 0 amide bonds. The molecule has 1 aliphatic carbocycles. The quantitative estimate of drug-likeness (QED) is 0.713. The average Bonchev–Trinajstić information content (AvgIpc) is 3.50. The lowest BCUT2D eigenvalue weighted by Crippen LogP contribution is -2.47. The van der Waals surface area contributed by atoms with Gasteiger partial charge in [0.2, 0.25) is 10.0 Å². The molecule has 0 radical (unpaired) electrons. The lowest BCUT2D eigenvalue weighted by Gasteiger charge is -2.30. The van der Waals surface area contributed by atoms with Gasteiger partial charge in [0.25, 0.3) is 0 Å². The van der Waals surface area contributed by atoms with Crippen molar-refractivity contribution >= 4 is 10.0 Å². The summed E-state index contributed by atoms with van der Waals surface area (Å²) in [7, 11) is -1.86. The van der Waals surface area contributed by atoms with Gasteiger partial charge >= 0.3 is 0 Å². The van der Waals surface area contributed by atoms with E-state index in [2.05, 4.69) is 19.5 Å². The number of rotatable bonds is 3. The molecule has 5 rings (SSSR count). The summed E-state index contributed by atoms with van der Waals surface area (Å²) in [6.45, 7) is 2.98. The number of likely N-dealkylation sites (tertiary alicyclic amines) is 1. The first-order chi connectivity index (χ1) is 15.4. The Kier molecular flexibility index (Phi) is 5.94. The Balaban J connectivity index is 1.53. The fourth-order valence-corrected chi connectivity index (χ4v) is 5.89. The van der Waals surface area contributed by atoms with Crippen molar-refractivity contribution in [1.29, 1.82) is 0 Å². The van der Waals surface area contributed by atoms with Gasteiger partial charge in [0.05, 0.1) is 12.1 Å². The molecule has 1 aromatic carbocycles. The third kappa shape index (κ3) is 4.67. The number of aliphatic hydroxyl groups is 1. The van der Waals surface area contributed by atoms with Crippen LogP contribution in [0.25, 0.3) is 11.1 Å². The van der Waals surface area contributed by atoms with Gasteiger partial charge in [-0.2, -0.15) is 0 Å². The number of ether oxygens (including phenoxy) is 1. The third-order valence-electron chi connectivity index (χ3n) is 6.61. The van der Waals surface area contributed by atoms with Crippen molar-refractivity contribution in [2.24, 2.45) is 5.92 Å². The molecule has 0 bridgehead atoms. The maximum absolute atomic E-state index is 13.1. The van der Waals surface area contributed by atoms with E-state index in [-0.39, 0.29) is 23.6 Å².